The lowest BCUT2D eigenvalue weighted by molar-refractivity contribution is -0.144. The van der Waals surface area contributed by atoms with Crippen molar-refractivity contribution < 1.29 is 9.59 Å². The molecule has 78 valence electrons. The van der Waals surface area contributed by atoms with Gasteiger partial charge in [-0.05, 0) is 19.4 Å². The van der Waals surface area contributed by atoms with Crippen molar-refractivity contribution in [2.75, 3.05) is 13.1 Å². The van der Waals surface area contributed by atoms with E-state index in [1.165, 1.54) is 10.4 Å². The van der Waals surface area contributed by atoms with Gasteiger partial charge in [0.15, 0.2) is 0 Å². The van der Waals surface area contributed by atoms with E-state index < -0.39 is 6.04 Å². The molecule has 0 aromatic carbocycles. The smallest absolute Gasteiger partial charge is 0.242 e. The van der Waals surface area contributed by atoms with Crippen LogP contribution in [0, 0.1) is 0 Å². The molecule has 1 rings (SSSR count). The number of nitrogens with one attached hydrogen (secondary N) is 1. The molecule has 0 aliphatic carbocycles. The summed E-state index contributed by atoms with van der Waals surface area (Å²) in [6.45, 7) is 4.02. The molecule has 1 aliphatic rings. The molecule has 0 bridgehead atoms. The zero-order valence-electron chi connectivity index (χ0n) is 8.21. The monoisotopic (exact) mass is 216 g/mol. The van der Waals surface area contributed by atoms with Crippen molar-refractivity contribution >= 4 is 23.4 Å². The van der Waals surface area contributed by atoms with Gasteiger partial charge >= 0.3 is 0 Å². The van der Waals surface area contributed by atoms with Gasteiger partial charge in [-0.25, -0.2) is 0 Å². The second kappa shape index (κ2) is 4.46. The van der Waals surface area contributed by atoms with E-state index in [0.717, 1.165) is 5.57 Å². The van der Waals surface area contributed by atoms with Gasteiger partial charge in [-0.3, -0.25) is 9.59 Å². The highest BCUT2D eigenvalue weighted by atomic mass is 35.5. The second-order valence-electron chi connectivity index (χ2n) is 3.37. The molecule has 1 unspecified atom stereocenters. The van der Waals surface area contributed by atoms with Crippen molar-refractivity contribution in [2.45, 2.75) is 19.9 Å². The van der Waals surface area contributed by atoms with E-state index in [1.807, 2.05) is 6.92 Å². The van der Waals surface area contributed by atoms with Gasteiger partial charge in [0.25, 0.3) is 0 Å². The molecule has 0 radical (unpaired) electrons. The van der Waals surface area contributed by atoms with E-state index in [0.29, 0.717) is 6.54 Å². The van der Waals surface area contributed by atoms with Crippen molar-refractivity contribution in [1.29, 1.82) is 0 Å². The molecule has 1 aliphatic heterocycles. The standard InChI is InChI=1S/C9H13ClN2O2/c1-6(3-10)5-12-7(2)9(14)11-4-8(12)13/h3,7H,4-5H2,1-2H3,(H,11,14). The van der Waals surface area contributed by atoms with Crippen LogP contribution in [0.15, 0.2) is 11.1 Å². The maximum Gasteiger partial charge on any atom is 0.242 e. The molecular formula is C9H13ClN2O2. The zero-order valence-corrected chi connectivity index (χ0v) is 8.97. The molecule has 14 heavy (non-hydrogen) atoms. The third kappa shape index (κ3) is 2.26. The van der Waals surface area contributed by atoms with Crippen molar-refractivity contribution in [3.63, 3.8) is 0 Å². The minimum Gasteiger partial charge on any atom is -0.345 e. The first-order valence-electron chi connectivity index (χ1n) is 4.39. The lowest BCUT2D eigenvalue weighted by Crippen LogP contribution is -2.57. The zero-order chi connectivity index (χ0) is 10.7. The second-order valence-corrected chi connectivity index (χ2v) is 3.59. The number of rotatable bonds is 2. The molecule has 0 saturated carbocycles. The van der Waals surface area contributed by atoms with Crippen LogP contribution in [0.4, 0.5) is 0 Å². The predicted molar refractivity (Wildman–Crippen MR) is 53.8 cm³/mol. The number of hydrogen-bond acceptors (Lipinski definition) is 2. The summed E-state index contributed by atoms with van der Waals surface area (Å²) in [5.74, 6) is -0.193. The highest BCUT2D eigenvalue weighted by Crippen LogP contribution is 2.08. The Morgan fingerprint density at radius 2 is 2.36 bits per heavy atom. The SMILES string of the molecule is CC(=CCl)CN1C(=O)CNC(=O)C1C. The Hall–Kier alpha value is -1.03. The number of nitrogens with zero attached hydrogens (tertiary/aromatic N) is 1. The van der Waals surface area contributed by atoms with Crippen LogP contribution in [0.1, 0.15) is 13.8 Å². The highest BCUT2D eigenvalue weighted by molar-refractivity contribution is 6.25. The maximum atomic E-state index is 11.4. The number of halogens is 1. The molecule has 1 fully saturated rings. The van der Waals surface area contributed by atoms with Crippen LogP contribution in [0.25, 0.3) is 0 Å². The Kier molecular flexibility index (Phi) is 3.52. The van der Waals surface area contributed by atoms with Crippen LogP contribution in [0.5, 0.6) is 0 Å². The summed E-state index contributed by atoms with van der Waals surface area (Å²) in [5, 5.41) is 2.52. The van der Waals surface area contributed by atoms with E-state index in [4.69, 9.17) is 11.6 Å². The minimum absolute atomic E-state index is 0.0741. The van der Waals surface area contributed by atoms with Crippen LogP contribution >= 0.6 is 11.6 Å². The molecule has 1 atom stereocenters. The first-order chi connectivity index (χ1) is 6.56. The average Bonchev–Trinajstić information content (AvgIpc) is 2.18. The van der Waals surface area contributed by atoms with Crippen molar-refractivity contribution in [3.8, 4) is 0 Å². The number of hydrogen-bond donors (Lipinski definition) is 1. The Balaban J connectivity index is 2.72. The fourth-order valence-electron chi connectivity index (χ4n) is 1.30. The topological polar surface area (TPSA) is 49.4 Å². The van der Waals surface area contributed by atoms with E-state index in [1.54, 1.807) is 6.92 Å². The third-order valence-corrected chi connectivity index (χ3v) is 2.56. The van der Waals surface area contributed by atoms with E-state index >= 15 is 0 Å². The van der Waals surface area contributed by atoms with E-state index in [9.17, 15) is 9.59 Å². The summed E-state index contributed by atoms with van der Waals surface area (Å²) in [7, 11) is 0. The molecule has 0 aromatic heterocycles. The van der Waals surface area contributed by atoms with Gasteiger partial charge in [-0.1, -0.05) is 11.6 Å². The van der Waals surface area contributed by atoms with Crippen LogP contribution in [-0.2, 0) is 9.59 Å². The number of amides is 2. The first-order valence-corrected chi connectivity index (χ1v) is 4.83. The van der Waals surface area contributed by atoms with Crippen LogP contribution in [-0.4, -0.2) is 35.8 Å². The molecule has 0 spiro atoms. The number of carbonyl (C=O) groups excluding carboxylic acids is 2. The van der Waals surface area contributed by atoms with Crippen LogP contribution in [0.2, 0.25) is 0 Å². The Labute approximate surface area is 87.9 Å². The van der Waals surface area contributed by atoms with Crippen LogP contribution < -0.4 is 5.32 Å². The largest absolute Gasteiger partial charge is 0.345 e. The van der Waals surface area contributed by atoms with Crippen molar-refractivity contribution in [2.24, 2.45) is 0 Å². The lowest BCUT2D eigenvalue weighted by atomic mass is 10.1. The lowest BCUT2D eigenvalue weighted by Gasteiger charge is -2.32. The summed E-state index contributed by atoms with van der Waals surface area (Å²) in [6, 6.07) is -0.414. The highest BCUT2D eigenvalue weighted by Gasteiger charge is 2.30. The first kappa shape index (κ1) is 11.0. The Morgan fingerprint density at radius 3 is 2.93 bits per heavy atom. The molecule has 5 heteroatoms. The van der Waals surface area contributed by atoms with Crippen LogP contribution in [0.3, 0.4) is 0 Å². The van der Waals surface area contributed by atoms with Gasteiger partial charge in [-0.2, -0.15) is 0 Å². The van der Waals surface area contributed by atoms with Gasteiger partial charge in [0.2, 0.25) is 11.8 Å². The van der Waals surface area contributed by atoms with Gasteiger partial charge in [0, 0.05) is 12.1 Å². The van der Waals surface area contributed by atoms with E-state index in [2.05, 4.69) is 5.32 Å². The van der Waals surface area contributed by atoms with Crippen molar-refractivity contribution in [3.05, 3.63) is 11.1 Å². The molecule has 0 aromatic rings. The summed E-state index contributed by atoms with van der Waals surface area (Å²) in [4.78, 5) is 24.2. The Morgan fingerprint density at radius 1 is 1.71 bits per heavy atom. The fraction of sp³-hybridized carbons (Fsp3) is 0.556. The van der Waals surface area contributed by atoms with Gasteiger partial charge in [-0.15, -0.1) is 0 Å². The molecule has 1 heterocycles. The number of carbonyl (C=O) groups is 2. The maximum absolute atomic E-state index is 11.4. The minimum atomic E-state index is -0.414. The average molecular weight is 217 g/mol. The van der Waals surface area contributed by atoms with Gasteiger partial charge in [0.05, 0.1) is 6.54 Å². The molecule has 4 nitrogen and oxygen atoms in total. The molecule has 2 amide bonds. The molecule has 1 N–H and O–H groups in total. The van der Waals surface area contributed by atoms with Crippen molar-refractivity contribution in [1.82, 2.24) is 10.2 Å². The van der Waals surface area contributed by atoms with Gasteiger partial charge < -0.3 is 10.2 Å². The quantitative estimate of drug-likeness (QED) is 0.730. The molecular weight excluding hydrogens is 204 g/mol. The third-order valence-electron chi connectivity index (χ3n) is 2.19. The summed E-state index contributed by atoms with van der Waals surface area (Å²) >= 11 is 5.50. The Bertz CT molecular complexity index is 289. The fourth-order valence-corrected chi connectivity index (χ4v) is 1.37. The van der Waals surface area contributed by atoms with E-state index in [-0.39, 0.29) is 18.4 Å². The number of piperazine rings is 1. The predicted octanol–water partition coefficient (Wildman–Crippen LogP) is 0.476. The summed E-state index contributed by atoms with van der Waals surface area (Å²) in [5.41, 5.74) is 2.29. The summed E-state index contributed by atoms with van der Waals surface area (Å²) in [6.07, 6.45) is 0. The normalized spacial score (nSPS) is 23.8. The molecule has 1 saturated heterocycles. The summed E-state index contributed by atoms with van der Waals surface area (Å²) < 4.78 is 0. The van der Waals surface area contributed by atoms with Gasteiger partial charge in [0.1, 0.15) is 6.04 Å².